The summed E-state index contributed by atoms with van der Waals surface area (Å²) in [5.74, 6) is 1.25. The Morgan fingerprint density at radius 1 is 1.20 bits per heavy atom. The van der Waals surface area contributed by atoms with Crippen LogP contribution in [-0.2, 0) is 17.8 Å². The number of para-hydroxylation sites is 1. The highest BCUT2D eigenvalue weighted by Gasteiger charge is 2.27. The quantitative estimate of drug-likeness (QED) is 0.657. The zero-order valence-electron chi connectivity index (χ0n) is 17.6. The second-order valence-corrected chi connectivity index (χ2v) is 7.96. The van der Waals surface area contributed by atoms with E-state index < -0.39 is 0 Å². The monoisotopic (exact) mass is 404 g/mol. The lowest BCUT2D eigenvalue weighted by Gasteiger charge is -2.31. The van der Waals surface area contributed by atoms with Crippen molar-refractivity contribution in [2.45, 2.75) is 39.7 Å². The molecule has 2 aromatic carbocycles. The Labute approximate surface area is 177 Å². The maximum Gasteiger partial charge on any atom is 0.257 e. The third-order valence-corrected chi connectivity index (χ3v) is 5.66. The van der Waals surface area contributed by atoms with E-state index in [4.69, 9.17) is 4.52 Å². The maximum atomic E-state index is 12.9. The molecule has 0 saturated carbocycles. The number of rotatable bonds is 6. The molecule has 0 bridgehead atoms. The summed E-state index contributed by atoms with van der Waals surface area (Å²) in [5, 5.41) is 7.27. The fourth-order valence-corrected chi connectivity index (χ4v) is 3.93. The second-order valence-electron chi connectivity index (χ2n) is 7.96. The van der Waals surface area contributed by atoms with Gasteiger partial charge in [-0.3, -0.25) is 9.69 Å². The van der Waals surface area contributed by atoms with E-state index in [9.17, 15) is 4.79 Å². The van der Waals surface area contributed by atoms with Crippen LogP contribution in [0.5, 0.6) is 0 Å². The molecule has 1 aliphatic rings. The number of carbonyl (C=O) groups excluding carboxylic acids is 1. The summed E-state index contributed by atoms with van der Waals surface area (Å²) in [6.45, 7) is 6.37. The van der Waals surface area contributed by atoms with Gasteiger partial charge in [-0.15, -0.1) is 0 Å². The number of nitrogens with one attached hydrogen (secondary N) is 1. The Balaban J connectivity index is 1.37. The van der Waals surface area contributed by atoms with Gasteiger partial charge in [-0.05, 0) is 56.5 Å². The molecule has 1 amide bonds. The molecule has 0 radical (unpaired) electrons. The largest absolute Gasteiger partial charge is 0.334 e. The zero-order chi connectivity index (χ0) is 20.9. The van der Waals surface area contributed by atoms with Crippen LogP contribution in [-0.4, -0.2) is 34.0 Å². The third-order valence-electron chi connectivity index (χ3n) is 5.66. The van der Waals surface area contributed by atoms with E-state index in [1.165, 1.54) is 5.56 Å². The van der Waals surface area contributed by atoms with Crippen molar-refractivity contribution in [1.82, 2.24) is 15.0 Å². The van der Waals surface area contributed by atoms with E-state index in [0.717, 1.165) is 42.6 Å². The number of piperidine rings is 1. The van der Waals surface area contributed by atoms with Crippen molar-refractivity contribution in [3.63, 3.8) is 0 Å². The lowest BCUT2D eigenvalue weighted by Crippen LogP contribution is -2.40. The van der Waals surface area contributed by atoms with Gasteiger partial charge in [0.05, 0.1) is 12.5 Å². The lowest BCUT2D eigenvalue weighted by atomic mass is 9.96. The number of amides is 1. The van der Waals surface area contributed by atoms with Gasteiger partial charge in [0.25, 0.3) is 5.89 Å². The van der Waals surface area contributed by atoms with Crippen LogP contribution < -0.4 is 5.32 Å². The van der Waals surface area contributed by atoms with E-state index in [0.29, 0.717) is 24.8 Å². The normalized spacial score (nSPS) is 17.1. The number of hydrogen-bond acceptors (Lipinski definition) is 5. The van der Waals surface area contributed by atoms with Gasteiger partial charge in [0, 0.05) is 17.8 Å². The Bertz CT molecular complexity index is 996. The van der Waals surface area contributed by atoms with Crippen LogP contribution in [0.25, 0.3) is 11.5 Å². The molecule has 0 aliphatic carbocycles. The molecule has 1 aromatic heterocycles. The zero-order valence-corrected chi connectivity index (χ0v) is 17.6. The summed E-state index contributed by atoms with van der Waals surface area (Å²) >= 11 is 0. The molecule has 3 aromatic rings. The molecule has 1 N–H and O–H groups in total. The lowest BCUT2D eigenvalue weighted by molar-refractivity contribution is -0.121. The van der Waals surface area contributed by atoms with Gasteiger partial charge >= 0.3 is 0 Å². The Hall–Kier alpha value is -2.99. The summed E-state index contributed by atoms with van der Waals surface area (Å²) in [5.41, 5.74) is 4.19. The highest BCUT2D eigenvalue weighted by Crippen LogP contribution is 2.23. The first-order valence-electron chi connectivity index (χ1n) is 10.6. The highest BCUT2D eigenvalue weighted by atomic mass is 16.5. The standard InChI is InChI=1S/C24H28N4O2/c1-3-18-7-4-5-9-21(18)25-23(29)20-8-6-14-28(15-20)16-22-26-24(30-27-22)19-12-10-17(2)11-13-19/h4-5,7,9-13,20H,3,6,8,14-16H2,1-2H3,(H,25,29)/t20-/m1/s1. The van der Waals surface area contributed by atoms with Gasteiger partial charge in [0.1, 0.15) is 0 Å². The number of hydrogen-bond donors (Lipinski definition) is 1. The van der Waals surface area contributed by atoms with E-state index in [-0.39, 0.29) is 11.8 Å². The predicted molar refractivity (Wildman–Crippen MR) is 117 cm³/mol. The van der Waals surface area contributed by atoms with Crippen LogP contribution in [0.2, 0.25) is 0 Å². The average molecular weight is 405 g/mol. The molecule has 6 nitrogen and oxygen atoms in total. The molecule has 1 aliphatic heterocycles. The number of anilines is 1. The maximum absolute atomic E-state index is 12.9. The van der Waals surface area contributed by atoms with E-state index in [1.54, 1.807) is 0 Å². The number of likely N-dealkylation sites (tertiary alicyclic amines) is 1. The van der Waals surface area contributed by atoms with Gasteiger partial charge in [-0.1, -0.05) is 48.0 Å². The Kier molecular flexibility index (Phi) is 6.23. The number of aromatic nitrogens is 2. The first-order chi connectivity index (χ1) is 14.6. The smallest absolute Gasteiger partial charge is 0.257 e. The minimum Gasteiger partial charge on any atom is -0.334 e. The summed E-state index contributed by atoms with van der Waals surface area (Å²) < 4.78 is 5.44. The van der Waals surface area contributed by atoms with E-state index >= 15 is 0 Å². The van der Waals surface area contributed by atoms with E-state index in [2.05, 4.69) is 33.3 Å². The summed E-state index contributed by atoms with van der Waals surface area (Å²) in [6, 6.07) is 16.0. The van der Waals surface area contributed by atoms with Gasteiger partial charge < -0.3 is 9.84 Å². The third kappa shape index (κ3) is 4.76. The van der Waals surface area contributed by atoms with Gasteiger partial charge in [-0.25, -0.2) is 0 Å². The van der Waals surface area contributed by atoms with E-state index in [1.807, 2.05) is 49.4 Å². The Morgan fingerprint density at radius 3 is 2.80 bits per heavy atom. The van der Waals surface area contributed by atoms with Crippen LogP contribution in [0.1, 0.15) is 36.7 Å². The number of carbonyl (C=O) groups is 1. The predicted octanol–water partition coefficient (Wildman–Crippen LogP) is 4.46. The van der Waals surface area contributed by atoms with Crippen molar-refractivity contribution in [2.75, 3.05) is 18.4 Å². The van der Waals surface area contributed by atoms with Crippen molar-refractivity contribution < 1.29 is 9.32 Å². The fraction of sp³-hybridized carbons (Fsp3) is 0.375. The SMILES string of the molecule is CCc1ccccc1NC(=O)[C@@H]1CCCN(Cc2noc(-c3ccc(C)cc3)n2)C1. The first kappa shape index (κ1) is 20.3. The molecular weight excluding hydrogens is 376 g/mol. The molecule has 6 heteroatoms. The molecule has 0 spiro atoms. The topological polar surface area (TPSA) is 71.3 Å². The summed E-state index contributed by atoms with van der Waals surface area (Å²) in [6.07, 6.45) is 2.78. The highest BCUT2D eigenvalue weighted by molar-refractivity contribution is 5.93. The molecule has 1 saturated heterocycles. The fourth-order valence-electron chi connectivity index (χ4n) is 3.93. The van der Waals surface area contributed by atoms with Crippen molar-refractivity contribution >= 4 is 11.6 Å². The van der Waals surface area contributed by atoms with Crippen LogP contribution in [0.15, 0.2) is 53.1 Å². The molecule has 30 heavy (non-hydrogen) atoms. The van der Waals surface area contributed by atoms with Crippen molar-refractivity contribution in [2.24, 2.45) is 5.92 Å². The van der Waals surface area contributed by atoms with Crippen molar-refractivity contribution in [1.29, 1.82) is 0 Å². The molecule has 1 atom stereocenters. The first-order valence-corrected chi connectivity index (χ1v) is 10.6. The van der Waals surface area contributed by atoms with Crippen LogP contribution in [0.3, 0.4) is 0 Å². The van der Waals surface area contributed by atoms with Crippen LogP contribution in [0.4, 0.5) is 5.69 Å². The number of nitrogens with zero attached hydrogens (tertiary/aromatic N) is 3. The molecule has 1 fully saturated rings. The molecule has 156 valence electrons. The Morgan fingerprint density at radius 2 is 2.00 bits per heavy atom. The van der Waals surface area contributed by atoms with Gasteiger partial charge in [0.15, 0.2) is 5.82 Å². The summed E-state index contributed by atoms with van der Waals surface area (Å²) in [7, 11) is 0. The minimum atomic E-state index is -0.0351. The second kappa shape index (κ2) is 9.22. The number of aryl methyl sites for hydroxylation is 2. The number of benzene rings is 2. The van der Waals surface area contributed by atoms with Crippen LogP contribution >= 0.6 is 0 Å². The van der Waals surface area contributed by atoms with Crippen LogP contribution in [0, 0.1) is 12.8 Å². The molecule has 4 rings (SSSR count). The van der Waals surface area contributed by atoms with Crippen molar-refractivity contribution in [3.8, 4) is 11.5 Å². The molecular formula is C24H28N4O2. The molecule has 0 unspecified atom stereocenters. The minimum absolute atomic E-state index is 0.0351. The molecule has 2 heterocycles. The van der Waals surface area contributed by atoms with Gasteiger partial charge in [-0.2, -0.15) is 4.98 Å². The summed E-state index contributed by atoms with van der Waals surface area (Å²) in [4.78, 5) is 19.6. The van der Waals surface area contributed by atoms with Crippen molar-refractivity contribution in [3.05, 3.63) is 65.5 Å². The average Bonchev–Trinajstić information content (AvgIpc) is 3.23. The van der Waals surface area contributed by atoms with Gasteiger partial charge in [0.2, 0.25) is 5.91 Å².